The highest BCUT2D eigenvalue weighted by Crippen LogP contribution is 2.18. The summed E-state index contributed by atoms with van der Waals surface area (Å²) in [6.45, 7) is 4.99. The number of imidazole rings is 1. The number of para-hydroxylation sites is 2. The van der Waals surface area contributed by atoms with Crippen molar-refractivity contribution in [1.82, 2.24) is 24.2 Å². The van der Waals surface area contributed by atoms with Crippen LogP contribution in [0.15, 0.2) is 30.3 Å². The van der Waals surface area contributed by atoms with E-state index >= 15 is 0 Å². The Kier molecular flexibility index (Phi) is 4.75. The van der Waals surface area contributed by atoms with Crippen LogP contribution in [0.25, 0.3) is 11.0 Å². The van der Waals surface area contributed by atoms with E-state index in [1.54, 1.807) is 11.9 Å². The summed E-state index contributed by atoms with van der Waals surface area (Å²) < 4.78 is 3.22. The van der Waals surface area contributed by atoms with Crippen molar-refractivity contribution in [1.29, 1.82) is 0 Å². The number of fused-ring (bicyclic) bond motifs is 1. The Morgan fingerprint density at radius 1 is 1.15 bits per heavy atom. The number of hydrogen-bond donors (Lipinski definition) is 1. The van der Waals surface area contributed by atoms with Gasteiger partial charge in [-0.3, -0.25) is 19.6 Å². The van der Waals surface area contributed by atoms with Crippen LogP contribution in [0.3, 0.4) is 0 Å². The molecule has 0 saturated carbocycles. The van der Waals surface area contributed by atoms with E-state index in [1.807, 2.05) is 49.7 Å². The fourth-order valence-electron chi connectivity index (χ4n) is 2.88. The fourth-order valence-corrected chi connectivity index (χ4v) is 2.88. The van der Waals surface area contributed by atoms with Gasteiger partial charge in [-0.25, -0.2) is 4.98 Å². The summed E-state index contributed by atoms with van der Waals surface area (Å²) in [7, 11) is 3.48. The van der Waals surface area contributed by atoms with Gasteiger partial charge in [0.2, 0.25) is 5.95 Å². The van der Waals surface area contributed by atoms with Crippen LogP contribution in [-0.4, -0.2) is 49.1 Å². The molecule has 0 radical (unpaired) electrons. The van der Waals surface area contributed by atoms with Gasteiger partial charge in [-0.2, -0.15) is 5.10 Å². The summed E-state index contributed by atoms with van der Waals surface area (Å²) in [4.78, 5) is 31.2. The maximum absolute atomic E-state index is 12.7. The van der Waals surface area contributed by atoms with Gasteiger partial charge in [0.05, 0.1) is 11.0 Å². The minimum Gasteiger partial charge on any atom is -0.338 e. The highest BCUT2D eigenvalue weighted by Gasteiger charge is 2.21. The van der Waals surface area contributed by atoms with Crippen LogP contribution in [0.2, 0.25) is 0 Å². The van der Waals surface area contributed by atoms with Crippen LogP contribution in [0.1, 0.15) is 34.8 Å². The Bertz CT molecular complexity index is 967. The maximum Gasteiger partial charge on any atom is 0.276 e. The molecule has 3 rings (SSSR count). The zero-order chi connectivity index (χ0) is 18.8. The second kappa shape index (κ2) is 6.99. The third-order valence-electron chi connectivity index (χ3n) is 4.39. The zero-order valence-corrected chi connectivity index (χ0v) is 15.4. The minimum absolute atomic E-state index is 0.188. The van der Waals surface area contributed by atoms with Crippen LogP contribution < -0.4 is 5.32 Å². The third kappa shape index (κ3) is 3.05. The van der Waals surface area contributed by atoms with E-state index in [0.29, 0.717) is 24.7 Å². The summed E-state index contributed by atoms with van der Waals surface area (Å²) >= 11 is 0. The second-order valence-corrected chi connectivity index (χ2v) is 5.95. The van der Waals surface area contributed by atoms with Crippen LogP contribution >= 0.6 is 0 Å². The molecule has 0 spiro atoms. The lowest BCUT2D eigenvalue weighted by Crippen LogP contribution is -2.30. The molecule has 0 bridgehead atoms. The smallest absolute Gasteiger partial charge is 0.276 e. The lowest BCUT2D eigenvalue weighted by molar-refractivity contribution is 0.0766. The van der Waals surface area contributed by atoms with Gasteiger partial charge in [0.25, 0.3) is 11.8 Å². The highest BCUT2D eigenvalue weighted by molar-refractivity contribution is 6.04. The molecule has 2 amide bonds. The van der Waals surface area contributed by atoms with E-state index < -0.39 is 0 Å². The SMILES string of the molecule is CCN(CC)C(=O)c1cc(C(=O)Nc2nc3ccccc3n2C)n(C)n1. The van der Waals surface area contributed by atoms with E-state index in [0.717, 1.165) is 11.0 Å². The van der Waals surface area contributed by atoms with E-state index in [4.69, 9.17) is 0 Å². The quantitative estimate of drug-likeness (QED) is 0.760. The number of aryl methyl sites for hydroxylation is 2. The highest BCUT2D eigenvalue weighted by atomic mass is 16.2. The van der Waals surface area contributed by atoms with Gasteiger partial charge < -0.3 is 9.47 Å². The van der Waals surface area contributed by atoms with Gasteiger partial charge in [0.15, 0.2) is 5.69 Å². The number of nitrogens with zero attached hydrogens (tertiary/aromatic N) is 5. The van der Waals surface area contributed by atoms with Crippen molar-refractivity contribution < 1.29 is 9.59 Å². The first kappa shape index (κ1) is 17.7. The largest absolute Gasteiger partial charge is 0.338 e. The van der Waals surface area contributed by atoms with Gasteiger partial charge >= 0.3 is 0 Å². The van der Waals surface area contributed by atoms with Crippen molar-refractivity contribution in [2.24, 2.45) is 14.1 Å². The first-order valence-corrected chi connectivity index (χ1v) is 8.52. The molecule has 0 aliphatic carbocycles. The van der Waals surface area contributed by atoms with Crippen molar-refractivity contribution in [3.63, 3.8) is 0 Å². The molecule has 26 heavy (non-hydrogen) atoms. The number of benzene rings is 1. The zero-order valence-electron chi connectivity index (χ0n) is 15.4. The molecular weight excluding hydrogens is 332 g/mol. The molecule has 0 aliphatic heterocycles. The molecule has 0 aliphatic rings. The van der Waals surface area contributed by atoms with Gasteiger partial charge in [-0.1, -0.05) is 12.1 Å². The molecule has 0 saturated heterocycles. The first-order chi connectivity index (χ1) is 12.5. The van der Waals surface area contributed by atoms with Crippen molar-refractivity contribution in [3.8, 4) is 0 Å². The summed E-state index contributed by atoms with van der Waals surface area (Å²) in [6, 6.07) is 9.15. The van der Waals surface area contributed by atoms with Crippen molar-refractivity contribution in [2.45, 2.75) is 13.8 Å². The van der Waals surface area contributed by atoms with Crippen LogP contribution in [0.5, 0.6) is 0 Å². The van der Waals surface area contributed by atoms with Crippen molar-refractivity contribution in [3.05, 3.63) is 41.7 Å². The van der Waals surface area contributed by atoms with Crippen molar-refractivity contribution >= 4 is 28.8 Å². The average Bonchev–Trinajstić information content (AvgIpc) is 3.17. The number of anilines is 1. The maximum atomic E-state index is 12.7. The van der Waals surface area contributed by atoms with Crippen LogP contribution in [-0.2, 0) is 14.1 Å². The van der Waals surface area contributed by atoms with Crippen LogP contribution in [0, 0.1) is 0 Å². The van der Waals surface area contributed by atoms with E-state index in [1.165, 1.54) is 10.7 Å². The number of carbonyl (C=O) groups is 2. The molecule has 1 N–H and O–H groups in total. The minimum atomic E-state index is -0.364. The molecule has 1 aromatic carbocycles. The third-order valence-corrected chi connectivity index (χ3v) is 4.39. The summed E-state index contributed by atoms with van der Waals surface area (Å²) in [5.41, 5.74) is 2.27. The lowest BCUT2D eigenvalue weighted by Gasteiger charge is -2.16. The Labute approximate surface area is 151 Å². The number of nitrogens with one attached hydrogen (secondary N) is 1. The molecule has 2 aromatic heterocycles. The van der Waals surface area contributed by atoms with Gasteiger partial charge in [-0.15, -0.1) is 0 Å². The number of aromatic nitrogens is 4. The molecule has 136 valence electrons. The Morgan fingerprint density at radius 2 is 1.85 bits per heavy atom. The summed E-state index contributed by atoms with van der Waals surface area (Å²) in [5, 5.41) is 6.99. The standard InChI is InChI=1S/C18H22N6O2/c1-5-24(6-2)17(26)13-11-15(23(4)21-13)16(25)20-18-19-12-9-7-8-10-14(12)22(18)3/h7-11H,5-6H2,1-4H3,(H,19,20,25). The summed E-state index contributed by atoms with van der Waals surface area (Å²) in [6.07, 6.45) is 0. The monoisotopic (exact) mass is 354 g/mol. The van der Waals surface area contributed by atoms with Gasteiger partial charge in [0.1, 0.15) is 5.69 Å². The number of amides is 2. The predicted molar refractivity (Wildman–Crippen MR) is 99.1 cm³/mol. The van der Waals surface area contributed by atoms with E-state index in [9.17, 15) is 9.59 Å². The second-order valence-electron chi connectivity index (χ2n) is 5.95. The normalized spacial score (nSPS) is 10.9. The molecular formula is C18H22N6O2. The Morgan fingerprint density at radius 3 is 2.50 bits per heavy atom. The average molecular weight is 354 g/mol. The molecule has 0 atom stereocenters. The molecule has 0 unspecified atom stereocenters. The molecule has 0 fully saturated rings. The number of hydrogen-bond acceptors (Lipinski definition) is 4. The number of carbonyl (C=O) groups excluding carboxylic acids is 2. The molecule has 3 aromatic rings. The fraction of sp³-hybridized carbons (Fsp3) is 0.333. The summed E-state index contributed by atoms with van der Waals surface area (Å²) in [5.74, 6) is -0.113. The first-order valence-electron chi connectivity index (χ1n) is 8.52. The van der Waals surface area contributed by atoms with Crippen molar-refractivity contribution in [2.75, 3.05) is 18.4 Å². The number of rotatable bonds is 5. The predicted octanol–water partition coefficient (Wildman–Crippen LogP) is 2.04. The molecule has 8 nitrogen and oxygen atoms in total. The topological polar surface area (TPSA) is 85.0 Å². The Hall–Kier alpha value is -3.16. The van der Waals surface area contributed by atoms with E-state index in [2.05, 4.69) is 15.4 Å². The van der Waals surface area contributed by atoms with Gasteiger partial charge in [0, 0.05) is 33.3 Å². The molecule has 2 heterocycles. The Balaban J connectivity index is 1.86. The van der Waals surface area contributed by atoms with E-state index in [-0.39, 0.29) is 17.5 Å². The lowest BCUT2D eigenvalue weighted by atomic mass is 10.3. The van der Waals surface area contributed by atoms with Crippen LogP contribution in [0.4, 0.5) is 5.95 Å². The molecule has 8 heteroatoms. The van der Waals surface area contributed by atoms with Gasteiger partial charge in [-0.05, 0) is 26.0 Å².